The zero-order valence-corrected chi connectivity index (χ0v) is 11.7. The zero-order chi connectivity index (χ0) is 12.3. The van der Waals surface area contributed by atoms with E-state index in [-0.39, 0.29) is 6.61 Å². The summed E-state index contributed by atoms with van der Waals surface area (Å²) in [6, 6.07) is 5.58. The van der Waals surface area contributed by atoms with Gasteiger partial charge >= 0.3 is 0 Å². The minimum absolute atomic E-state index is 0.0368. The van der Waals surface area contributed by atoms with Gasteiger partial charge < -0.3 is 9.84 Å². The van der Waals surface area contributed by atoms with Crippen molar-refractivity contribution in [1.29, 1.82) is 0 Å². The fourth-order valence-electron chi connectivity index (χ4n) is 1.44. The van der Waals surface area contributed by atoms with E-state index in [1.54, 1.807) is 11.3 Å². The molecule has 1 heterocycles. The van der Waals surface area contributed by atoms with Gasteiger partial charge in [-0.05, 0) is 25.1 Å². The van der Waals surface area contributed by atoms with Crippen molar-refractivity contribution in [2.45, 2.75) is 20.1 Å². The molecule has 0 saturated heterocycles. The molecule has 0 aliphatic heterocycles. The van der Waals surface area contributed by atoms with Gasteiger partial charge in [-0.3, -0.25) is 0 Å². The van der Waals surface area contributed by atoms with E-state index in [0.717, 1.165) is 20.7 Å². The summed E-state index contributed by atoms with van der Waals surface area (Å²) in [5.74, 6) is 0.696. The number of benzene rings is 1. The Morgan fingerprint density at radius 3 is 2.94 bits per heavy atom. The quantitative estimate of drug-likeness (QED) is 0.942. The third-order valence-electron chi connectivity index (χ3n) is 2.24. The molecule has 90 valence electrons. The first-order valence-electron chi connectivity index (χ1n) is 5.12. The number of hydrogen-bond donors (Lipinski definition) is 1. The number of aromatic nitrogens is 1. The van der Waals surface area contributed by atoms with E-state index in [2.05, 4.69) is 20.9 Å². The summed E-state index contributed by atoms with van der Waals surface area (Å²) in [6.45, 7) is 2.36. The number of nitrogens with zero attached hydrogens (tertiary/aromatic N) is 1. The van der Waals surface area contributed by atoms with Crippen molar-refractivity contribution in [2.75, 3.05) is 0 Å². The van der Waals surface area contributed by atoms with Gasteiger partial charge in [-0.15, -0.1) is 11.3 Å². The Hall–Kier alpha value is -0.910. The van der Waals surface area contributed by atoms with Crippen molar-refractivity contribution in [3.05, 3.63) is 44.3 Å². The van der Waals surface area contributed by atoms with E-state index in [4.69, 9.17) is 4.74 Å². The summed E-state index contributed by atoms with van der Waals surface area (Å²) in [6.07, 6.45) is 0. The zero-order valence-electron chi connectivity index (χ0n) is 9.31. The fraction of sp³-hybridized carbons (Fsp3) is 0.250. The first-order chi connectivity index (χ1) is 8.19. The number of halogens is 1. The summed E-state index contributed by atoms with van der Waals surface area (Å²) in [5.41, 5.74) is 1.69. The second-order valence-corrected chi connectivity index (χ2v) is 5.53. The first-order valence-corrected chi connectivity index (χ1v) is 6.79. The molecular weight excluding hydrogens is 302 g/mol. The molecule has 2 aromatic rings. The van der Waals surface area contributed by atoms with Crippen molar-refractivity contribution in [2.24, 2.45) is 0 Å². The molecule has 0 radical (unpaired) electrons. The van der Waals surface area contributed by atoms with Crippen LogP contribution in [0.15, 0.2) is 28.1 Å². The molecule has 0 amide bonds. The Balaban J connectivity index is 2.08. The van der Waals surface area contributed by atoms with Crippen LogP contribution in [0, 0.1) is 6.92 Å². The minimum atomic E-state index is -0.0368. The van der Waals surface area contributed by atoms with E-state index in [1.165, 1.54) is 0 Å². The van der Waals surface area contributed by atoms with Gasteiger partial charge in [-0.2, -0.15) is 0 Å². The Labute approximate surface area is 112 Å². The number of thiazole rings is 1. The largest absolute Gasteiger partial charge is 0.487 e. The van der Waals surface area contributed by atoms with Gasteiger partial charge in [-0.25, -0.2) is 4.98 Å². The van der Waals surface area contributed by atoms with Crippen molar-refractivity contribution in [1.82, 2.24) is 4.98 Å². The van der Waals surface area contributed by atoms with Gasteiger partial charge in [0.25, 0.3) is 0 Å². The summed E-state index contributed by atoms with van der Waals surface area (Å²) in [7, 11) is 0. The van der Waals surface area contributed by atoms with E-state index >= 15 is 0 Å². The smallest absolute Gasteiger partial charge is 0.131 e. The maximum absolute atomic E-state index is 9.23. The van der Waals surface area contributed by atoms with Gasteiger partial charge in [0.15, 0.2) is 0 Å². The highest BCUT2D eigenvalue weighted by molar-refractivity contribution is 9.10. The summed E-state index contributed by atoms with van der Waals surface area (Å²) in [4.78, 5) is 4.32. The third kappa shape index (κ3) is 3.28. The molecule has 1 N–H and O–H groups in total. The average molecular weight is 314 g/mol. The predicted molar refractivity (Wildman–Crippen MR) is 71.2 cm³/mol. The molecule has 17 heavy (non-hydrogen) atoms. The summed E-state index contributed by atoms with van der Waals surface area (Å²) < 4.78 is 6.57. The van der Waals surface area contributed by atoms with E-state index in [9.17, 15) is 5.11 Å². The van der Waals surface area contributed by atoms with Crippen molar-refractivity contribution >= 4 is 27.3 Å². The molecule has 3 nitrogen and oxygen atoms in total. The third-order valence-corrected chi connectivity index (χ3v) is 3.55. The number of hydrogen-bond acceptors (Lipinski definition) is 4. The second kappa shape index (κ2) is 5.62. The highest BCUT2D eigenvalue weighted by Crippen LogP contribution is 2.24. The fourth-order valence-corrected chi connectivity index (χ4v) is 2.44. The lowest BCUT2D eigenvalue weighted by Crippen LogP contribution is -1.99. The van der Waals surface area contributed by atoms with Crippen LogP contribution >= 0.6 is 27.3 Å². The molecule has 1 aromatic heterocycles. The van der Waals surface area contributed by atoms with Crippen LogP contribution in [-0.2, 0) is 13.2 Å². The molecule has 0 aliphatic carbocycles. The number of aryl methyl sites for hydroxylation is 1. The molecule has 0 fully saturated rings. The lowest BCUT2D eigenvalue weighted by molar-refractivity contribution is 0.257. The standard InChI is InChI=1S/C12H12BrNO2S/c1-8-14-11(7-17-8)6-16-12-3-2-10(13)4-9(12)5-15/h2-4,7,15H,5-6H2,1H3. The van der Waals surface area contributed by atoms with Gasteiger partial charge in [-0.1, -0.05) is 15.9 Å². The van der Waals surface area contributed by atoms with Gasteiger partial charge in [0.2, 0.25) is 0 Å². The second-order valence-electron chi connectivity index (χ2n) is 3.56. The lowest BCUT2D eigenvalue weighted by atomic mass is 10.2. The van der Waals surface area contributed by atoms with Crippen LogP contribution in [0.1, 0.15) is 16.3 Å². The van der Waals surface area contributed by atoms with E-state index in [1.807, 2.05) is 30.5 Å². The number of ether oxygens (including phenoxy) is 1. The molecule has 0 aliphatic rings. The Bertz CT molecular complexity index is 513. The SMILES string of the molecule is Cc1nc(COc2ccc(Br)cc2CO)cs1. The van der Waals surface area contributed by atoms with Crippen LogP contribution in [0.4, 0.5) is 0 Å². The Morgan fingerprint density at radius 2 is 2.29 bits per heavy atom. The van der Waals surface area contributed by atoms with Crippen LogP contribution in [-0.4, -0.2) is 10.1 Å². The molecule has 2 rings (SSSR count). The van der Waals surface area contributed by atoms with Crippen molar-refractivity contribution in [3.63, 3.8) is 0 Å². The van der Waals surface area contributed by atoms with Crippen LogP contribution < -0.4 is 4.74 Å². The highest BCUT2D eigenvalue weighted by atomic mass is 79.9. The summed E-state index contributed by atoms with van der Waals surface area (Å²) >= 11 is 4.96. The van der Waals surface area contributed by atoms with E-state index < -0.39 is 0 Å². The topological polar surface area (TPSA) is 42.4 Å². The Kier molecular flexibility index (Phi) is 4.15. The minimum Gasteiger partial charge on any atom is -0.487 e. The average Bonchev–Trinajstić information content (AvgIpc) is 2.73. The lowest BCUT2D eigenvalue weighted by Gasteiger charge is -2.09. The molecule has 0 spiro atoms. The molecule has 0 saturated carbocycles. The van der Waals surface area contributed by atoms with Gasteiger partial charge in [0.05, 0.1) is 17.3 Å². The first kappa shape index (κ1) is 12.5. The maximum atomic E-state index is 9.23. The van der Waals surface area contributed by atoms with Gasteiger partial charge in [0.1, 0.15) is 12.4 Å². The molecule has 0 unspecified atom stereocenters. The van der Waals surface area contributed by atoms with E-state index in [0.29, 0.717) is 12.4 Å². The highest BCUT2D eigenvalue weighted by Gasteiger charge is 2.05. The summed E-state index contributed by atoms with van der Waals surface area (Å²) in [5, 5.41) is 12.2. The molecular formula is C12H12BrNO2S. The molecule has 1 aromatic carbocycles. The predicted octanol–water partition coefficient (Wildman–Crippen LogP) is 3.29. The molecule has 0 bridgehead atoms. The monoisotopic (exact) mass is 313 g/mol. The molecule has 5 heteroatoms. The van der Waals surface area contributed by atoms with Crippen molar-refractivity contribution in [3.8, 4) is 5.75 Å². The Morgan fingerprint density at radius 1 is 1.47 bits per heavy atom. The van der Waals surface area contributed by atoms with Crippen LogP contribution in [0.25, 0.3) is 0 Å². The van der Waals surface area contributed by atoms with Crippen LogP contribution in [0.5, 0.6) is 5.75 Å². The molecule has 0 atom stereocenters. The number of aliphatic hydroxyl groups excluding tert-OH is 1. The number of aliphatic hydroxyl groups is 1. The van der Waals surface area contributed by atoms with Gasteiger partial charge in [0, 0.05) is 15.4 Å². The van der Waals surface area contributed by atoms with Crippen molar-refractivity contribution < 1.29 is 9.84 Å². The van der Waals surface area contributed by atoms with Crippen LogP contribution in [0.3, 0.4) is 0 Å². The maximum Gasteiger partial charge on any atom is 0.131 e. The number of rotatable bonds is 4. The van der Waals surface area contributed by atoms with Crippen LogP contribution in [0.2, 0.25) is 0 Å². The normalized spacial score (nSPS) is 10.5.